The number of benzene rings is 1. The van der Waals surface area contributed by atoms with Gasteiger partial charge in [-0.05, 0) is 25.3 Å². The predicted molar refractivity (Wildman–Crippen MR) is 90.8 cm³/mol. The highest BCUT2D eigenvalue weighted by atomic mass is 16.6. The van der Waals surface area contributed by atoms with Crippen molar-refractivity contribution in [2.24, 2.45) is 5.92 Å². The van der Waals surface area contributed by atoms with Crippen LogP contribution < -0.4 is 0 Å². The Balaban J connectivity index is 1.53. The first-order valence-corrected chi connectivity index (χ1v) is 9.24. The number of esters is 1. The van der Waals surface area contributed by atoms with Gasteiger partial charge in [0.1, 0.15) is 6.10 Å². The van der Waals surface area contributed by atoms with Gasteiger partial charge in [0, 0.05) is 5.92 Å². The van der Waals surface area contributed by atoms with Crippen molar-refractivity contribution in [2.45, 2.75) is 69.0 Å². The molecule has 5 heteroatoms. The first-order chi connectivity index (χ1) is 12.0. The van der Waals surface area contributed by atoms with Crippen LogP contribution in [0.1, 0.15) is 44.6 Å². The molecular formula is C20H26O5. The quantitative estimate of drug-likeness (QED) is 0.849. The maximum Gasteiger partial charge on any atom is 0.309 e. The van der Waals surface area contributed by atoms with Gasteiger partial charge in [-0.25, -0.2) is 0 Å². The zero-order valence-electron chi connectivity index (χ0n) is 14.6. The van der Waals surface area contributed by atoms with Crippen molar-refractivity contribution >= 4 is 5.97 Å². The molecule has 0 radical (unpaired) electrons. The zero-order valence-corrected chi connectivity index (χ0v) is 14.6. The van der Waals surface area contributed by atoms with Crippen LogP contribution in [0.15, 0.2) is 30.3 Å². The van der Waals surface area contributed by atoms with Crippen molar-refractivity contribution in [1.82, 2.24) is 0 Å². The van der Waals surface area contributed by atoms with E-state index in [4.69, 9.17) is 14.2 Å². The Morgan fingerprint density at radius 1 is 1.24 bits per heavy atom. The fraction of sp³-hybridized carbons (Fsp3) is 0.650. The molecular weight excluding hydrogens is 320 g/mol. The van der Waals surface area contributed by atoms with Crippen LogP contribution in [0.3, 0.4) is 0 Å². The number of carbonyl (C=O) groups is 1. The maximum absolute atomic E-state index is 11.9. The van der Waals surface area contributed by atoms with Gasteiger partial charge in [0.15, 0.2) is 5.60 Å². The van der Waals surface area contributed by atoms with Crippen molar-refractivity contribution in [2.75, 3.05) is 6.61 Å². The van der Waals surface area contributed by atoms with Crippen molar-refractivity contribution in [1.29, 1.82) is 0 Å². The maximum atomic E-state index is 11.9. The molecule has 2 heterocycles. The summed E-state index contributed by atoms with van der Waals surface area (Å²) in [5.41, 5.74) is -0.324. The van der Waals surface area contributed by atoms with E-state index in [1.54, 1.807) is 0 Å². The lowest BCUT2D eigenvalue weighted by atomic mass is 9.73. The van der Waals surface area contributed by atoms with Gasteiger partial charge < -0.3 is 19.3 Å². The van der Waals surface area contributed by atoms with Crippen molar-refractivity contribution in [3.63, 3.8) is 0 Å². The summed E-state index contributed by atoms with van der Waals surface area (Å²) in [5, 5.41) is 10.8. The molecule has 1 N–H and O–H groups in total. The van der Waals surface area contributed by atoms with Crippen LogP contribution in [0.25, 0.3) is 0 Å². The van der Waals surface area contributed by atoms with E-state index in [2.05, 4.69) is 0 Å². The van der Waals surface area contributed by atoms with Gasteiger partial charge in [-0.1, -0.05) is 43.2 Å². The van der Waals surface area contributed by atoms with Crippen LogP contribution in [0.2, 0.25) is 0 Å². The molecule has 5 atom stereocenters. The number of hydrogen-bond donors (Lipinski definition) is 1. The molecule has 1 aromatic carbocycles. The fourth-order valence-electron chi connectivity index (χ4n) is 4.97. The number of ether oxygens (including phenoxy) is 3. The van der Waals surface area contributed by atoms with E-state index in [0.29, 0.717) is 19.6 Å². The second kappa shape index (κ2) is 6.38. The summed E-state index contributed by atoms with van der Waals surface area (Å²) < 4.78 is 18.0. The molecule has 0 amide bonds. The smallest absolute Gasteiger partial charge is 0.309 e. The van der Waals surface area contributed by atoms with Gasteiger partial charge in [0.05, 0.1) is 31.3 Å². The minimum absolute atomic E-state index is 0.0373. The third kappa shape index (κ3) is 2.78. The number of carbonyl (C=O) groups excluding carboxylic acids is 1. The molecule has 1 aromatic rings. The highest BCUT2D eigenvalue weighted by Crippen LogP contribution is 2.56. The summed E-state index contributed by atoms with van der Waals surface area (Å²) in [6, 6.07) is 10.0. The molecule has 25 heavy (non-hydrogen) atoms. The molecule has 3 aliphatic rings. The van der Waals surface area contributed by atoms with Gasteiger partial charge in [0.2, 0.25) is 0 Å². The van der Waals surface area contributed by atoms with E-state index in [-0.39, 0.29) is 24.4 Å². The third-order valence-electron chi connectivity index (χ3n) is 6.08. The first-order valence-electron chi connectivity index (χ1n) is 9.24. The molecule has 3 fully saturated rings. The number of aliphatic hydroxyl groups excluding tert-OH is 1. The van der Waals surface area contributed by atoms with Crippen molar-refractivity contribution in [3.8, 4) is 0 Å². The lowest BCUT2D eigenvalue weighted by Crippen LogP contribution is -2.54. The standard InChI is InChI=1S/C20H26O5/c1-19(13-23-12-14-7-3-2-4-8-14)15-9-5-6-10-16(21)20(15)17(24-19)11-18(22)25-20/h2-4,7-8,15-17,21H,5-6,9-13H2,1H3/t15-,16+,17+,19-,20-/m0/s1. The van der Waals surface area contributed by atoms with E-state index < -0.39 is 17.3 Å². The van der Waals surface area contributed by atoms with Crippen LogP contribution >= 0.6 is 0 Å². The lowest BCUT2D eigenvalue weighted by molar-refractivity contribution is -0.168. The highest BCUT2D eigenvalue weighted by molar-refractivity contribution is 5.74. The van der Waals surface area contributed by atoms with Gasteiger partial charge in [-0.2, -0.15) is 0 Å². The molecule has 2 aliphatic heterocycles. The van der Waals surface area contributed by atoms with Crippen LogP contribution in [0, 0.1) is 5.92 Å². The Morgan fingerprint density at radius 3 is 2.80 bits per heavy atom. The number of aliphatic hydroxyl groups is 1. The molecule has 5 nitrogen and oxygen atoms in total. The van der Waals surface area contributed by atoms with Crippen molar-refractivity contribution < 1.29 is 24.1 Å². The van der Waals surface area contributed by atoms with E-state index in [1.807, 2.05) is 37.3 Å². The molecule has 1 saturated carbocycles. The second-order valence-corrected chi connectivity index (χ2v) is 7.78. The molecule has 0 bridgehead atoms. The normalized spacial score (nSPS) is 40.2. The Hall–Kier alpha value is -1.43. The lowest BCUT2D eigenvalue weighted by Gasteiger charge is -2.38. The topological polar surface area (TPSA) is 65.0 Å². The average Bonchev–Trinajstić information content (AvgIpc) is 2.94. The van der Waals surface area contributed by atoms with Crippen LogP contribution in [0.4, 0.5) is 0 Å². The molecule has 2 saturated heterocycles. The van der Waals surface area contributed by atoms with E-state index in [0.717, 1.165) is 24.8 Å². The summed E-state index contributed by atoms with van der Waals surface area (Å²) in [6.07, 6.45) is 2.69. The summed E-state index contributed by atoms with van der Waals surface area (Å²) >= 11 is 0. The predicted octanol–water partition coefficient (Wildman–Crippen LogP) is 2.60. The van der Waals surface area contributed by atoms with E-state index in [9.17, 15) is 9.90 Å². The monoisotopic (exact) mass is 346 g/mol. The third-order valence-corrected chi connectivity index (χ3v) is 6.08. The Morgan fingerprint density at radius 2 is 2.00 bits per heavy atom. The molecule has 0 unspecified atom stereocenters. The van der Waals surface area contributed by atoms with E-state index >= 15 is 0 Å². The minimum Gasteiger partial charge on any atom is -0.453 e. The summed E-state index contributed by atoms with van der Waals surface area (Å²) in [4.78, 5) is 11.9. The van der Waals surface area contributed by atoms with Crippen LogP contribution in [-0.4, -0.2) is 41.1 Å². The average molecular weight is 346 g/mol. The fourth-order valence-corrected chi connectivity index (χ4v) is 4.97. The van der Waals surface area contributed by atoms with Gasteiger partial charge >= 0.3 is 5.97 Å². The molecule has 0 aromatic heterocycles. The summed E-state index contributed by atoms with van der Waals surface area (Å²) in [5.74, 6) is -0.298. The Bertz CT molecular complexity index is 632. The molecule has 4 rings (SSSR count). The van der Waals surface area contributed by atoms with Crippen LogP contribution in [0.5, 0.6) is 0 Å². The SMILES string of the molecule is C[C@@]1(COCc2ccccc2)O[C@@H]2CC(=O)O[C@@]23[C@H](O)CCCC[C@H]31. The largest absolute Gasteiger partial charge is 0.453 e. The second-order valence-electron chi connectivity index (χ2n) is 7.78. The van der Waals surface area contributed by atoms with E-state index in [1.165, 1.54) is 0 Å². The summed E-state index contributed by atoms with van der Waals surface area (Å²) in [6.45, 7) is 2.98. The van der Waals surface area contributed by atoms with Crippen LogP contribution in [-0.2, 0) is 25.6 Å². The number of hydrogen-bond acceptors (Lipinski definition) is 5. The minimum atomic E-state index is -0.890. The number of rotatable bonds is 4. The van der Waals surface area contributed by atoms with Gasteiger partial charge in [0.25, 0.3) is 0 Å². The molecule has 136 valence electrons. The van der Waals surface area contributed by atoms with Gasteiger partial charge in [-0.3, -0.25) is 4.79 Å². The molecule has 1 aliphatic carbocycles. The molecule has 1 spiro atoms. The Labute approximate surface area is 148 Å². The van der Waals surface area contributed by atoms with Gasteiger partial charge in [-0.15, -0.1) is 0 Å². The Kier molecular flexibility index (Phi) is 4.34. The van der Waals surface area contributed by atoms with Crippen molar-refractivity contribution in [3.05, 3.63) is 35.9 Å². The zero-order chi connectivity index (χ0) is 17.5. The summed E-state index contributed by atoms with van der Waals surface area (Å²) in [7, 11) is 0. The first kappa shape index (κ1) is 17.0. The highest BCUT2D eigenvalue weighted by Gasteiger charge is 2.70.